The van der Waals surface area contributed by atoms with Gasteiger partial charge < -0.3 is 0 Å². The molecule has 0 aliphatic heterocycles. The Morgan fingerprint density at radius 3 is 3.00 bits per heavy atom. The third-order valence-electron chi connectivity index (χ3n) is 1.45. The predicted molar refractivity (Wildman–Crippen MR) is 37.1 cm³/mol. The van der Waals surface area contributed by atoms with Crippen molar-refractivity contribution in [3.05, 3.63) is 23.8 Å². The van der Waals surface area contributed by atoms with Crippen molar-refractivity contribution in [2.75, 3.05) is 0 Å². The molecular formula is C8H10O. The van der Waals surface area contributed by atoms with Crippen LogP contribution in [0.15, 0.2) is 23.8 Å². The second-order valence-corrected chi connectivity index (χ2v) is 2.17. The Kier molecular flexibility index (Phi) is 2.25. The summed E-state index contributed by atoms with van der Waals surface area (Å²) in [5.41, 5.74) is 1.16. The lowest BCUT2D eigenvalue weighted by atomic mass is 10.0. The van der Waals surface area contributed by atoms with Gasteiger partial charge in [-0.25, -0.2) is 0 Å². The number of allylic oxidation sites excluding steroid dienone is 4. The molecular weight excluding hydrogens is 112 g/mol. The second kappa shape index (κ2) is 3.23. The van der Waals surface area contributed by atoms with Crippen LogP contribution in [-0.4, -0.2) is 6.29 Å². The molecule has 1 aliphatic rings. The highest BCUT2D eigenvalue weighted by Crippen LogP contribution is 2.14. The molecule has 1 nitrogen and oxygen atoms in total. The Bertz CT molecular complexity index is 154. The summed E-state index contributed by atoms with van der Waals surface area (Å²) in [7, 11) is 0. The molecule has 0 fully saturated rings. The molecule has 0 saturated carbocycles. The van der Waals surface area contributed by atoms with Crippen LogP contribution in [0.1, 0.15) is 19.3 Å². The van der Waals surface area contributed by atoms with Crippen LogP contribution in [0.3, 0.4) is 0 Å². The zero-order chi connectivity index (χ0) is 6.53. The zero-order valence-corrected chi connectivity index (χ0v) is 5.34. The van der Waals surface area contributed by atoms with Gasteiger partial charge in [0.2, 0.25) is 0 Å². The first-order valence-corrected chi connectivity index (χ1v) is 3.24. The molecule has 1 heteroatoms. The van der Waals surface area contributed by atoms with Gasteiger partial charge in [-0.3, -0.25) is 4.79 Å². The summed E-state index contributed by atoms with van der Waals surface area (Å²) >= 11 is 0. The van der Waals surface area contributed by atoms with E-state index in [2.05, 4.69) is 6.08 Å². The first kappa shape index (κ1) is 6.27. The molecule has 0 bridgehead atoms. The monoisotopic (exact) mass is 122 g/mol. The van der Waals surface area contributed by atoms with Crippen LogP contribution >= 0.6 is 0 Å². The Labute approximate surface area is 55.1 Å². The quantitative estimate of drug-likeness (QED) is 0.383. The number of aldehydes is 1. The Morgan fingerprint density at radius 1 is 1.56 bits per heavy atom. The van der Waals surface area contributed by atoms with Crippen molar-refractivity contribution in [1.29, 1.82) is 0 Å². The minimum atomic E-state index is 0.852. The van der Waals surface area contributed by atoms with Gasteiger partial charge in [0, 0.05) is 0 Å². The van der Waals surface area contributed by atoms with Crippen LogP contribution in [0.2, 0.25) is 0 Å². The van der Waals surface area contributed by atoms with Crippen molar-refractivity contribution in [3.8, 4) is 0 Å². The van der Waals surface area contributed by atoms with Gasteiger partial charge in [0.25, 0.3) is 0 Å². The van der Waals surface area contributed by atoms with E-state index in [1.54, 1.807) is 6.08 Å². The van der Waals surface area contributed by atoms with E-state index in [9.17, 15) is 4.79 Å². The molecule has 1 aliphatic carbocycles. The van der Waals surface area contributed by atoms with Crippen LogP contribution in [0.5, 0.6) is 0 Å². The van der Waals surface area contributed by atoms with Gasteiger partial charge in [0.15, 0.2) is 0 Å². The van der Waals surface area contributed by atoms with E-state index in [0.717, 1.165) is 24.7 Å². The molecule has 0 amide bonds. The maximum absolute atomic E-state index is 9.96. The van der Waals surface area contributed by atoms with Gasteiger partial charge in [-0.05, 0) is 30.9 Å². The number of hydrogen-bond donors (Lipinski definition) is 0. The van der Waals surface area contributed by atoms with Gasteiger partial charge >= 0.3 is 0 Å². The van der Waals surface area contributed by atoms with E-state index >= 15 is 0 Å². The van der Waals surface area contributed by atoms with Crippen molar-refractivity contribution in [1.82, 2.24) is 0 Å². The molecule has 1 rings (SSSR count). The molecule has 0 aromatic carbocycles. The third-order valence-corrected chi connectivity index (χ3v) is 1.45. The highest BCUT2D eigenvalue weighted by molar-refractivity contribution is 5.67. The largest absolute Gasteiger partial charge is 0.299 e. The first-order chi connectivity index (χ1) is 4.43. The van der Waals surface area contributed by atoms with Gasteiger partial charge in [0.05, 0.1) is 0 Å². The average molecular weight is 122 g/mol. The standard InChI is InChI=1S/C8H10O/c9-7-6-8-4-2-1-3-5-8/h2,4,6-7H,1,3,5H2/b8-6+. The second-order valence-electron chi connectivity index (χ2n) is 2.17. The van der Waals surface area contributed by atoms with Gasteiger partial charge in [-0.15, -0.1) is 0 Å². The fourth-order valence-electron chi connectivity index (χ4n) is 0.968. The summed E-state index contributed by atoms with van der Waals surface area (Å²) in [6.45, 7) is 0. The molecule has 0 unspecified atom stereocenters. The molecule has 0 aromatic heterocycles. The summed E-state index contributed by atoms with van der Waals surface area (Å²) in [5, 5.41) is 0. The van der Waals surface area contributed by atoms with Crippen molar-refractivity contribution < 1.29 is 4.79 Å². The van der Waals surface area contributed by atoms with Crippen molar-refractivity contribution in [3.63, 3.8) is 0 Å². The molecule has 0 N–H and O–H groups in total. The third kappa shape index (κ3) is 1.84. The van der Waals surface area contributed by atoms with Gasteiger partial charge in [0.1, 0.15) is 6.29 Å². The topological polar surface area (TPSA) is 17.1 Å². The van der Waals surface area contributed by atoms with E-state index < -0.39 is 0 Å². The van der Waals surface area contributed by atoms with Crippen LogP contribution in [0.25, 0.3) is 0 Å². The predicted octanol–water partition coefficient (Wildman–Crippen LogP) is 1.85. The normalized spacial score (nSPS) is 22.4. The highest BCUT2D eigenvalue weighted by Gasteiger charge is 1.96. The SMILES string of the molecule is O=C/C=C1\C=CCCC1. The molecule has 48 valence electrons. The molecule has 0 heterocycles. The summed E-state index contributed by atoms with van der Waals surface area (Å²) in [6, 6.07) is 0. The van der Waals surface area contributed by atoms with Gasteiger partial charge in [-0.1, -0.05) is 12.2 Å². The highest BCUT2D eigenvalue weighted by atomic mass is 16.1. The van der Waals surface area contributed by atoms with Crippen molar-refractivity contribution in [2.24, 2.45) is 0 Å². The number of carbonyl (C=O) groups is 1. The van der Waals surface area contributed by atoms with Gasteiger partial charge in [-0.2, -0.15) is 0 Å². The molecule has 0 aromatic rings. The minimum absolute atomic E-state index is 0.852. The van der Waals surface area contributed by atoms with E-state index in [-0.39, 0.29) is 0 Å². The van der Waals surface area contributed by atoms with Crippen LogP contribution in [0, 0.1) is 0 Å². The maximum Gasteiger partial charge on any atom is 0.143 e. The first-order valence-electron chi connectivity index (χ1n) is 3.24. The average Bonchev–Trinajstić information content (AvgIpc) is 1.91. The molecule has 0 saturated heterocycles. The van der Waals surface area contributed by atoms with E-state index in [4.69, 9.17) is 0 Å². The molecule has 0 radical (unpaired) electrons. The molecule has 9 heavy (non-hydrogen) atoms. The lowest BCUT2D eigenvalue weighted by Gasteiger charge is -2.03. The minimum Gasteiger partial charge on any atom is -0.299 e. The van der Waals surface area contributed by atoms with E-state index in [0.29, 0.717) is 0 Å². The van der Waals surface area contributed by atoms with Crippen LogP contribution in [0.4, 0.5) is 0 Å². The maximum atomic E-state index is 9.96. The fraction of sp³-hybridized carbons (Fsp3) is 0.375. The fourth-order valence-corrected chi connectivity index (χ4v) is 0.968. The smallest absolute Gasteiger partial charge is 0.143 e. The van der Waals surface area contributed by atoms with Crippen LogP contribution in [-0.2, 0) is 4.79 Å². The molecule has 0 spiro atoms. The summed E-state index contributed by atoms with van der Waals surface area (Å²) in [5.74, 6) is 0. The Morgan fingerprint density at radius 2 is 2.44 bits per heavy atom. The van der Waals surface area contributed by atoms with E-state index in [1.165, 1.54) is 6.42 Å². The summed E-state index contributed by atoms with van der Waals surface area (Å²) < 4.78 is 0. The lowest BCUT2D eigenvalue weighted by Crippen LogP contribution is -1.85. The Hall–Kier alpha value is -0.850. The lowest BCUT2D eigenvalue weighted by molar-refractivity contribution is -0.104. The summed E-state index contributed by atoms with van der Waals surface area (Å²) in [6.07, 6.45) is 10.0. The number of rotatable bonds is 1. The number of carbonyl (C=O) groups excluding carboxylic acids is 1. The van der Waals surface area contributed by atoms with Crippen molar-refractivity contribution >= 4 is 6.29 Å². The Balaban J connectivity index is 2.59. The van der Waals surface area contributed by atoms with Crippen LogP contribution < -0.4 is 0 Å². The van der Waals surface area contributed by atoms with Crippen molar-refractivity contribution in [2.45, 2.75) is 19.3 Å². The van der Waals surface area contributed by atoms with E-state index in [1.807, 2.05) is 6.08 Å². The number of hydrogen-bond acceptors (Lipinski definition) is 1. The summed E-state index contributed by atoms with van der Waals surface area (Å²) in [4.78, 5) is 9.96. The zero-order valence-electron chi connectivity index (χ0n) is 5.34. The molecule has 0 atom stereocenters.